The molecule has 1 amide bonds. The normalized spacial score (nSPS) is 17.4. The molecule has 6 nitrogen and oxygen atoms in total. The molecule has 1 aromatic carbocycles. The zero-order valence-corrected chi connectivity index (χ0v) is 18.3. The van der Waals surface area contributed by atoms with E-state index >= 15 is 0 Å². The lowest BCUT2D eigenvalue weighted by Gasteiger charge is -2.29. The molecule has 1 aliphatic rings. The van der Waals surface area contributed by atoms with Crippen molar-refractivity contribution in [1.29, 1.82) is 0 Å². The summed E-state index contributed by atoms with van der Waals surface area (Å²) >= 11 is 1.12. The lowest BCUT2D eigenvalue weighted by atomic mass is 9.78. The Balaban J connectivity index is 2.76. The molecule has 27 heavy (non-hydrogen) atoms. The van der Waals surface area contributed by atoms with Gasteiger partial charge >= 0.3 is 10.1 Å². The van der Waals surface area contributed by atoms with Crippen molar-refractivity contribution >= 4 is 39.0 Å². The van der Waals surface area contributed by atoms with Crippen molar-refractivity contribution in [2.75, 3.05) is 6.26 Å². The van der Waals surface area contributed by atoms with Gasteiger partial charge in [0.15, 0.2) is 5.17 Å². The number of rotatable bonds is 3. The van der Waals surface area contributed by atoms with E-state index in [1.165, 1.54) is 0 Å². The van der Waals surface area contributed by atoms with Gasteiger partial charge in [0, 0.05) is 11.1 Å². The second kappa shape index (κ2) is 6.98. The molecule has 2 rings (SSSR count). The van der Waals surface area contributed by atoms with Gasteiger partial charge in [-0.1, -0.05) is 41.5 Å². The number of amides is 1. The second-order valence-electron chi connectivity index (χ2n) is 8.60. The molecule has 148 valence electrons. The van der Waals surface area contributed by atoms with Crippen molar-refractivity contribution in [1.82, 2.24) is 0 Å². The number of nitrogens with zero attached hydrogens (tertiary/aromatic N) is 1. The average molecular weight is 411 g/mol. The number of hydrogen-bond donors (Lipinski definition) is 1. The van der Waals surface area contributed by atoms with Crippen LogP contribution in [0.5, 0.6) is 5.75 Å². The van der Waals surface area contributed by atoms with Gasteiger partial charge in [0.25, 0.3) is 5.91 Å². The summed E-state index contributed by atoms with van der Waals surface area (Å²) in [5.41, 5.74) is 7.13. The molecule has 0 aliphatic carbocycles. The van der Waals surface area contributed by atoms with Crippen LogP contribution in [0.15, 0.2) is 22.0 Å². The molecule has 0 saturated carbocycles. The minimum atomic E-state index is -3.70. The van der Waals surface area contributed by atoms with Crippen LogP contribution in [-0.4, -0.2) is 25.7 Å². The Hall–Kier alpha value is -1.80. The van der Waals surface area contributed by atoms with Crippen LogP contribution in [0.25, 0.3) is 6.08 Å². The molecule has 0 aromatic heterocycles. The highest BCUT2D eigenvalue weighted by Gasteiger charge is 2.30. The molecule has 1 aliphatic heterocycles. The van der Waals surface area contributed by atoms with Crippen LogP contribution < -0.4 is 9.92 Å². The summed E-state index contributed by atoms with van der Waals surface area (Å²) in [6.45, 7) is 11.9. The highest BCUT2D eigenvalue weighted by Crippen LogP contribution is 2.42. The molecular formula is C19H26N2O4S2. The summed E-state index contributed by atoms with van der Waals surface area (Å²) in [5, 5.41) is 0.218. The summed E-state index contributed by atoms with van der Waals surface area (Å²) in [7, 11) is -3.70. The number of thioether (sulfide) groups is 1. The molecule has 8 heteroatoms. The fourth-order valence-electron chi connectivity index (χ4n) is 2.67. The lowest BCUT2D eigenvalue weighted by molar-refractivity contribution is -0.113. The minimum absolute atomic E-state index is 0.218. The van der Waals surface area contributed by atoms with Crippen molar-refractivity contribution in [3.8, 4) is 5.75 Å². The summed E-state index contributed by atoms with van der Waals surface area (Å²) in [6, 6.07) is 3.70. The number of carbonyl (C=O) groups excluding carboxylic acids is 1. The number of nitrogens with two attached hydrogens (primary N) is 1. The van der Waals surface area contributed by atoms with E-state index in [0.717, 1.165) is 34.7 Å². The van der Waals surface area contributed by atoms with E-state index < -0.39 is 10.1 Å². The molecule has 0 radical (unpaired) electrons. The van der Waals surface area contributed by atoms with Gasteiger partial charge < -0.3 is 9.92 Å². The maximum Gasteiger partial charge on any atom is 0.306 e. The Kier molecular flexibility index (Phi) is 5.56. The average Bonchev–Trinajstić information content (AvgIpc) is 2.74. The first-order chi connectivity index (χ1) is 12.1. The standard InChI is InChI=1S/C19H26N2O4S2/c1-18(2,3)12-8-11(10-14-16(22)21-17(20)26-14)9-13(19(4,5)6)15(12)25-27(7,23)24/h8-10H,1-7H3,(H2,20,21,22). The Labute approximate surface area is 165 Å². The van der Waals surface area contributed by atoms with Gasteiger partial charge in [-0.25, -0.2) is 0 Å². The molecule has 0 atom stereocenters. The molecule has 0 saturated heterocycles. The van der Waals surface area contributed by atoms with Crippen molar-refractivity contribution in [3.05, 3.63) is 33.7 Å². The Morgan fingerprint density at radius 1 is 1.07 bits per heavy atom. The van der Waals surface area contributed by atoms with Gasteiger partial charge in [-0.2, -0.15) is 13.4 Å². The van der Waals surface area contributed by atoms with Crippen molar-refractivity contribution < 1.29 is 17.4 Å². The predicted octanol–water partition coefficient (Wildman–Crippen LogP) is 3.55. The van der Waals surface area contributed by atoms with Gasteiger partial charge in [-0.05, 0) is 46.4 Å². The van der Waals surface area contributed by atoms with Crippen LogP contribution in [0.4, 0.5) is 0 Å². The smallest absolute Gasteiger partial charge is 0.306 e. The van der Waals surface area contributed by atoms with Crippen LogP contribution in [0, 0.1) is 0 Å². The molecule has 2 N–H and O–H groups in total. The molecule has 1 heterocycles. The predicted molar refractivity (Wildman–Crippen MR) is 112 cm³/mol. The molecule has 0 bridgehead atoms. The first kappa shape index (κ1) is 21.5. The van der Waals surface area contributed by atoms with E-state index in [-0.39, 0.29) is 21.9 Å². The minimum Gasteiger partial charge on any atom is -0.382 e. The molecule has 0 unspecified atom stereocenters. The maximum atomic E-state index is 11.9. The Morgan fingerprint density at radius 2 is 1.56 bits per heavy atom. The highest BCUT2D eigenvalue weighted by molar-refractivity contribution is 8.18. The van der Waals surface area contributed by atoms with E-state index in [2.05, 4.69) is 4.99 Å². The molecule has 1 aromatic rings. The van der Waals surface area contributed by atoms with E-state index in [0.29, 0.717) is 10.7 Å². The lowest BCUT2D eigenvalue weighted by Crippen LogP contribution is -2.22. The van der Waals surface area contributed by atoms with Gasteiger partial charge in [-0.3, -0.25) is 4.79 Å². The van der Waals surface area contributed by atoms with Crippen LogP contribution in [0.3, 0.4) is 0 Å². The first-order valence-electron chi connectivity index (χ1n) is 8.44. The number of hydrogen-bond acceptors (Lipinski definition) is 6. The van der Waals surface area contributed by atoms with Crippen LogP contribution >= 0.6 is 11.8 Å². The van der Waals surface area contributed by atoms with Gasteiger partial charge in [0.05, 0.1) is 11.2 Å². The third-order valence-electron chi connectivity index (χ3n) is 3.90. The topological polar surface area (TPSA) is 98.8 Å². The second-order valence-corrected chi connectivity index (χ2v) is 11.2. The molecule has 0 spiro atoms. The van der Waals surface area contributed by atoms with E-state index in [1.54, 1.807) is 6.08 Å². The Bertz CT molecular complexity index is 912. The number of amidine groups is 1. The number of carbonyl (C=O) groups is 1. The van der Waals surface area contributed by atoms with Crippen LogP contribution in [0.1, 0.15) is 58.2 Å². The largest absolute Gasteiger partial charge is 0.382 e. The fraction of sp³-hybridized carbons (Fsp3) is 0.474. The maximum absolute atomic E-state index is 11.9. The van der Waals surface area contributed by atoms with Gasteiger partial charge in [0.1, 0.15) is 5.75 Å². The van der Waals surface area contributed by atoms with Crippen molar-refractivity contribution in [2.24, 2.45) is 10.7 Å². The van der Waals surface area contributed by atoms with Gasteiger partial charge in [0.2, 0.25) is 0 Å². The number of aliphatic imine (C=N–C) groups is 1. The first-order valence-corrected chi connectivity index (χ1v) is 11.1. The summed E-state index contributed by atoms with van der Waals surface area (Å²) in [6.07, 6.45) is 2.76. The Morgan fingerprint density at radius 3 is 1.89 bits per heavy atom. The summed E-state index contributed by atoms with van der Waals surface area (Å²) < 4.78 is 29.2. The van der Waals surface area contributed by atoms with Gasteiger partial charge in [-0.15, -0.1) is 0 Å². The fourth-order valence-corrected chi connectivity index (χ4v) is 3.83. The monoisotopic (exact) mass is 410 g/mol. The van der Waals surface area contributed by atoms with Crippen molar-refractivity contribution in [3.63, 3.8) is 0 Å². The summed E-state index contributed by atoms with van der Waals surface area (Å²) in [5.74, 6) is -0.0237. The zero-order chi connectivity index (χ0) is 20.8. The third-order valence-corrected chi connectivity index (χ3v) is 5.18. The molecule has 0 fully saturated rings. The van der Waals surface area contributed by atoms with Crippen LogP contribution in [-0.2, 0) is 25.7 Å². The van der Waals surface area contributed by atoms with E-state index in [1.807, 2.05) is 53.7 Å². The molecular weight excluding hydrogens is 384 g/mol. The van der Waals surface area contributed by atoms with E-state index in [9.17, 15) is 13.2 Å². The zero-order valence-electron chi connectivity index (χ0n) is 16.7. The quantitative estimate of drug-likeness (QED) is 0.604. The number of benzene rings is 1. The third kappa shape index (κ3) is 5.35. The highest BCUT2D eigenvalue weighted by atomic mass is 32.2. The SMILES string of the molecule is CC(C)(C)c1cc(C=C2SC(N)=NC2=O)cc(C(C)(C)C)c1OS(C)(=O)=O. The summed E-state index contributed by atoms with van der Waals surface area (Å²) in [4.78, 5) is 16.1. The van der Waals surface area contributed by atoms with Crippen LogP contribution in [0.2, 0.25) is 0 Å². The van der Waals surface area contributed by atoms with E-state index in [4.69, 9.17) is 9.92 Å². The van der Waals surface area contributed by atoms with Crippen molar-refractivity contribution in [2.45, 2.75) is 52.4 Å².